The molecule has 0 saturated heterocycles. The van der Waals surface area contributed by atoms with Crippen molar-refractivity contribution in [3.05, 3.63) is 109 Å². The molecule has 4 heteroatoms. The molecule has 0 amide bonds. The minimum atomic E-state index is 0.424. The molecule has 0 radical (unpaired) electrons. The van der Waals surface area contributed by atoms with Crippen LogP contribution in [0.2, 0.25) is 0 Å². The third-order valence-corrected chi connectivity index (χ3v) is 4.08. The molecule has 0 fully saturated rings. The van der Waals surface area contributed by atoms with Crippen LogP contribution < -0.4 is 14.8 Å². The maximum absolute atomic E-state index is 5.97. The van der Waals surface area contributed by atoms with Gasteiger partial charge in [0.25, 0.3) is 0 Å². The van der Waals surface area contributed by atoms with Gasteiger partial charge in [0.2, 0.25) is 11.8 Å². The average Bonchev–Trinajstić information content (AvgIpc) is 2.76. The second-order valence-electron chi connectivity index (χ2n) is 6.27. The second kappa shape index (κ2) is 9.97. The van der Waals surface area contributed by atoms with E-state index in [0.717, 1.165) is 22.4 Å². The molecule has 0 bridgehead atoms. The van der Waals surface area contributed by atoms with Gasteiger partial charge in [-0.1, -0.05) is 79.9 Å². The van der Waals surface area contributed by atoms with Crippen molar-refractivity contribution in [3.63, 3.8) is 0 Å². The number of pyridine rings is 1. The Kier molecular flexibility index (Phi) is 6.85. The number of nitrogens with zero attached hydrogens (tertiary/aromatic N) is 1. The highest BCUT2D eigenvalue weighted by Crippen LogP contribution is 2.27. The van der Waals surface area contributed by atoms with E-state index in [1.165, 1.54) is 0 Å². The highest BCUT2D eigenvalue weighted by molar-refractivity contribution is 5.55. The van der Waals surface area contributed by atoms with Crippen LogP contribution in [0.4, 0.5) is 5.69 Å². The van der Waals surface area contributed by atoms with Crippen molar-refractivity contribution in [2.45, 2.75) is 13.2 Å². The molecule has 2 aromatic carbocycles. The zero-order chi connectivity index (χ0) is 19.6. The highest BCUT2D eigenvalue weighted by atomic mass is 16.5. The largest absolute Gasteiger partial charge is 0.473 e. The first kappa shape index (κ1) is 19.2. The van der Waals surface area contributed by atoms with E-state index in [1.54, 1.807) is 6.08 Å². The number of anilines is 1. The number of hydrogen-bond donors (Lipinski definition) is 1. The quantitative estimate of drug-likeness (QED) is 0.484. The summed E-state index contributed by atoms with van der Waals surface area (Å²) < 4.78 is 11.8. The molecule has 0 aliphatic rings. The predicted molar refractivity (Wildman–Crippen MR) is 114 cm³/mol. The topological polar surface area (TPSA) is 43.4 Å². The van der Waals surface area contributed by atoms with Crippen LogP contribution >= 0.6 is 0 Å². The summed E-state index contributed by atoms with van der Waals surface area (Å²) in [6.45, 7) is 9.10. The van der Waals surface area contributed by atoms with Crippen LogP contribution in [0.25, 0.3) is 0 Å². The van der Waals surface area contributed by atoms with E-state index in [4.69, 9.17) is 9.47 Å². The van der Waals surface area contributed by atoms with Crippen LogP contribution in [-0.4, -0.2) is 11.5 Å². The molecular formula is C24H24N2O2. The first-order valence-electron chi connectivity index (χ1n) is 9.13. The Morgan fingerprint density at radius 1 is 0.857 bits per heavy atom. The Labute approximate surface area is 166 Å². The molecule has 3 aromatic rings. The normalized spacial score (nSPS) is 10.1. The van der Waals surface area contributed by atoms with Crippen LogP contribution in [0, 0.1) is 0 Å². The van der Waals surface area contributed by atoms with Crippen molar-refractivity contribution in [3.8, 4) is 11.8 Å². The smallest absolute Gasteiger partial charge is 0.241 e. The monoisotopic (exact) mass is 372 g/mol. The molecule has 1 N–H and O–H groups in total. The second-order valence-corrected chi connectivity index (χ2v) is 6.27. The van der Waals surface area contributed by atoms with Gasteiger partial charge < -0.3 is 14.8 Å². The lowest BCUT2D eigenvalue weighted by Crippen LogP contribution is -2.07. The van der Waals surface area contributed by atoms with Gasteiger partial charge in [-0.2, -0.15) is 4.98 Å². The van der Waals surface area contributed by atoms with Crippen molar-refractivity contribution < 1.29 is 9.47 Å². The SMILES string of the molecule is C=CC(=C)CNc1ccc(OCc2ccccc2)nc1OCc1ccccc1. The Hall–Kier alpha value is -3.53. The summed E-state index contributed by atoms with van der Waals surface area (Å²) in [7, 11) is 0. The summed E-state index contributed by atoms with van der Waals surface area (Å²) in [4.78, 5) is 4.54. The summed E-state index contributed by atoms with van der Waals surface area (Å²) in [6, 6.07) is 23.7. The van der Waals surface area contributed by atoms with E-state index in [-0.39, 0.29) is 0 Å². The first-order valence-corrected chi connectivity index (χ1v) is 9.13. The fourth-order valence-electron chi connectivity index (χ4n) is 2.49. The van der Waals surface area contributed by atoms with Gasteiger partial charge in [0.1, 0.15) is 13.2 Å². The summed E-state index contributed by atoms with van der Waals surface area (Å²) >= 11 is 0. The van der Waals surface area contributed by atoms with E-state index in [2.05, 4.69) is 23.5 Å². The molecule has 28 heavy (non-hydrogen) atoms. The Morgan fingerprint density at radius 2 is 1.46 bits per heavy atom. The van der Waals surface area contributed by atoms with Crippen LogP contribution in [-0.2, 0) is 13.2 Å². The Balaban J connectivity index is 1.72. The molecule has 4 nitrogen and oxygen atoms in total. The molecule has 1 heterocycles. The third kappa shape index (κ3) is 5.74. The van der Waals surface area contributed by atoms with Gasteiger partial charge >= 0.3 is 0 Å². The molecule has 0 atom stereocenters. The number of ether oxygens (including phenoxy) is 2. The van der Waals surface area contributed by atoms with Crippen molar-refractivity contribution in [2.24, 2.45) is 0 Å². The fraction of sp³-hybridized carbons (Fsp3) is 0.125. The molecular weight excluding hydrogens is 348 g/mol. The van der Waals surface area contributed by atoms with E-state index in [9.17, 15) is 0 Å². The number of aromatic nitrogens is 1. The van der Waals surface area contributed by atoms with Crippen LogP contribution in [0.5, 0.6) is 11.8 Å². The minimum Gasteiger partial charge on any atom is -0.473 e. The van der Waals surface area contributed by atoms with E-state index in [0.29, 0.717) is 31.5 Å². The highest BCUT2D eigenvalue weighted by Gasteiger charge is 2.09. The zero-order valence-corrected chi connectivity index (χ0v) is 15.8. The minimum absolute atomic E-state index is 0.424. The molecule has 0 aliphatic carbocycles. The average molecular weight is 372 g/mol. The molecule has 1 aromatic heterocycles. The van der Waals surface area contributed by atoms with Gasteiger partial charge in [-0.05, 0) is 22.8 Å². The van der Waals surface area contributed by atoms with Crippen LogP contribution in [0.15, 0.2) is 97.6 Å². The molecule has 0 aliphatic heterocycles. The lowest BCUT2D eigenvalue weighted by atomic mass is 10.2. The zero-order valence-electron chi connectivity index (χ0n) is 15.8. The summed E-state index contributed by atoms with van der Waals surface area (Å²) in [5, 5.41) is 3.29. The van der Waals surface area contributed by atoms with Gasteiger partial charge in [-0.15, -0.1) is 0 Å². The Bertz CT molecular complexity index is 908. The molecule has 3 rings (SSSR count). The predicted octanol–water partition coefficient (Wildman–Crippen LogP) is 5.39. The molecule has 0 unspecified atom stereocenters. The van der Waals surface area contributed by atoms with Crippen molar-refractivity contribution >= 4 is 5.69 Å². The first-order chi connectivity index (χ1) is 13.7. The summed E-state index contributed by atoms with van der Waals surface area (Å²) in [5.41, 5.74) is 3.83. The number of hydrogen-bond acceptors (Lipinski definition) is 4. The third-order valence-electron chi connectivity index (χ3n) is 4.08. The lowest BCUT2D eigenvalue weighted by molar-refractivity contribution is 0.268. The number of rotatable bonds is 10. The maximum atomic E-state index is 5.97. The van der Waals surface area contributed by atoms with Gasteiger partial charge in [0.05, 0.1) is 5.69 Å². The maximum Gasteiger partial charge on any atom is 0.241 e. The van der Waals surface area contributed by atoms with Crippen molar-refractivity contribution in [1.29, 1.82) is 0 Å². The lowest BCUT2D eigenvalue weighted by Gasteiger charge is -2.14. The summed E-state index contributed by atoms with van der Waals surface area (Å²) in [5.74, 6) is 1.01. The van der Waals surface area contributed by atoms with Gasteiger partial charge in [0.15, 0.2) is 0 Å². The Morgan fingerprint density at radius 3 is 2.07 bits per heavy atom. The molecule has 0 saturated carbocycles. The van der Waals surface area contributed by atoms with Crippen LogP contribution in [0.3, 0.4) is 0 Å². The molecule has 142 valence electrons. The van der Waals surface area contributed by atoms with E-state index < -0.39 is 0 Å². The fourth-order valence-corrected chi connectivity index (χ4v) is 2.49. The van der Waals surface area contributed by atoms with Crippen molar-refractivity contribution in [1.82, 2.24) is 4.98 Å². The van der Waals surface area contributed by atoms with Crippen LogP contribution in [0.1, 0.15) is 11.1 Å². The standard InChI is InChI=1S/C24H24N2O2/c1-3-19(2)16-25-22-14-15-23(27-17-20-10-6-4-7-11-20)26-24(22)28-18-21-12-8-5-9-13-21/h3-15,25H,1-2,16-18H2. The van der Waals surface area contributed by atoms with Gasteiger partial charge in [-0.3, -0.25) is 0 Å². The number of benzene rings is 2. The number of nitrogens with one attached hydrogen (secondary N) is 1. The van der Waals surface area contributed by atoms with Crippen molar-refractivity contribution in [2.75, 3.05) is 11.9 Å². The van der Waals surface area contributed by atoms with Gasteiger partial charge in [-0.25, -0.2) is 0 Å². The molecule has 0 spiro atoms. The van der Waals surface area contributed by atoms with E-state index >= 15 is 0 Å². The van der Waals surface area contributed by atoms with Gasteiger partial charge in [0, 0.05) is 12.6 Å². The van der Waals surface area contributed by atoms with E-state index in [1.807, 2.05) is 72.8 Å². The summed E-state index contributed by atoms with van der Waals surface area (Å²) in [6.07, 6.45) is 1.72.